The summed E-state index contributed by atoms with van der Waals surface area (Å²) in [4.78, 5) is 13.3. The predicted molar refractivity (Wildman–Crippen MR) is 60.1 cm³/mol. The van der Waals surface area contributed by atoms with Gasteiger partial charge in [-0.15, -0.1) is 0 Å². The lowest BCUT2D eigenvalue weighted by atomic mass is 10.1. The molecule has 1 aromatic heterocycles. The number of aliphatic hydroxyl groups excluding tert-OH is 1. The number of rotatable bonds is 4. The number of carbonyl (C=O) groups is 1. The first-order valence-corrected chi connectivity index (χ1v) is 5.70. The Morgan fingerprint density at radius 3 is 3.12 bits per heavy atom. The van der Waals surface area contributed by atoms with E-state index in [2.05, 4.69) is 17.1 Å². The van der Waals surface area contributed by atoms with Crippen LogP contribution in [0, 0.1) is 5.92 Å². The van der Waals surface area contributed by atoms with E-state index in [1.165, 1.54) is 0 Å². The van der Waals surface area contributed by atoms with Crippen LogP contribution in [0.2, 0.25) is 0 Å². The Kier molecular flexibility index (Phi) is 3.24. The molecule has 5 heteroatoms. The standard InChI is InChI=1S/C11H17N3O2/c1-2-3-9-5-10(13-12-9)14-6-8(7-15)4-11(14)16/h5,8,15H,2-4,6-7H2,1H3,(H,12,13). The Morgan fingerprint density at radius 2 is 2.50 bits per heavy atom. The first kappa shape index (κ1) is 11.1. The number of aromatic amines is 1. The monoisotopic (exact) mass is 223 g/mol. The highest BCUT2D eigenvalue weighted by atomic mass is 16.3. The highest BCUT2D eigenvalue weighted by Gasteiger charge is 2.31. The van der Waals surface area contributed by atoms with E-state index in [4.69, 9.17) is 5.11 Å². The fraction of sp³-hybridized carbons (Fsp3) is 0.636. The minimum Gasteiger partial charge on any atom is -0.396 e. The molecule has 16 heavy (non-hydrogen) atoms. The zero-order valence-corrected chi connectivity index (χ0v) is 9.44. The number of nitrogens with zero attached hydrogens (tertiary/aromatic N) is 2. The van der Waals surface area contributed by atoms with E-state index in [1.54, 1.807) is 4.90 Å². The summed E-state index contributed by atoms with van der Waals surface area (Å²) in [5, 5.41) is 16.1. The predicted octanol–water partition coefficient (Wildman–Crippen LogP) is 0.707. The smallest absolute Gasteiger partial charge is 0.228 e. The molecule has 1 fully saturated rings. The van der Waals surface area contributed by atoms with Gasteiger partial charge < -0.3 is 5.11 Å². The molecule has 0 bridgehead atoms. The molecule has 1 aliphatic heterocycles. The molecule has 0 saturated carbocycles. The van der Waals surface area contributed by atoms with Crippen LogP contribution in [-0.4, -0.2) is 34.4 Å². The molecule has 2 N–H and O–H groups in total. The van der Waals surface area contributed by atoms with Gasteiger partial charge in [0.15, 0.2) is 5.82 Å². The van der Waals surface area contributed by atoms with Gasteiger partial charge in [0, 0.05) is 37.3 Å². The van der Waals surface area contributed by atoms with E-state index >= 15 is 0 Å². The van der Waals surface area contributed by atoms with Crippen molar-refractivity contribution in [1.82, 2.24) is 10.2 Å². The van der Waals surface area contributed by atoms with E-state index in [0.29, 0.717) is 18.8 Å². The summed E-state index contributed by atoms with van der Waals surface area (Å²) in [6.07, 6.45) is 2.42. The number of amides is 1. The molecule has 88 valence electrons. The van der Waals surface area contributed by atoms with Gasteiger partial charge in [0.25, 0.3) is 0 Å². The number of aliphatic hydroxyl groups is 1. The molecule has 2 heterocycles. The second kappa shape index (κ2) is 4.65. The third-order valence-corrected chi connectivity index (χ3v) is 2.88. The summed E-state index contributed by atoms with van der Waals surface area (Å²) < 4.78 is 0. The van der Waals surface area contributed by atoms with Gasteiger partial charge in [-0.05, 0) is 6.42 Å². The molecule has 2 rings (SSSR count). The molecule has 0 aliphatic carbocycles. The van der Waals surface area contributed by atoms with E-state index in [1.807, 2.05) is 6.07 Å². The molecule has 1 atom stereocenters. The van der Waals surface area contributed by atoms with Gasteiger partial charge in [0.1, 0.15) is 0 Å². The maximum Gasteiger partial charge on any atom is 0.228 e. The Hall–Kier alpha value is -1.36. The second-order valence-electron chi connectivity index (χ2n) is 4.26. The molecule has 1 aromatic rings. The SMILES string of the molecule is CCCc1cc(N2CC(CO)CC2=O)n[nH]1. The number of aryl methyl sites for hydroxylation is 1. The van der Waals surface area contributed by atoms with Crippen molar-refractivity contribution in [3.05, 3.63) is 11.8 Å². The summed E-state index contributed by atoms with van der Waals surface area (Å²) >= 11 is 0. The molecular weight excluding hydrogens is 206 g/mol. The molecule has 0 radical (unpaired) electrons. The average molecular weight is 223 g/mol. The lowest BCUT2D eigenvalue weighted by Gasteiger charge is -2.11. The normalized spacial score (nSPS) is 20.8. The lowest BCUT2D eigenvalue weighted by molar-refractivity contribution is -0.117. The fourth-order valence-corrected chi connectivity index (χ4v) is 2.01. The quantitative estimate of drug-likeness (QED) is 0.789. The summed E-state index contributed by atoms with van der Waals surface area (Å²) in [6.45, 7) is 2.74. The van der Waals surface area contributed by atoms with Crippen molar-refractivity contribution in [2.75, 3.05) is 18.1 Å². The van der Waals surface area contributed by atoms with Crippen molar-refractivity contribution in [3.63, 3.8) is 0 Å². The third kappa shape index (κ3) is 2.09. The molecular formula is C11H17N3O2. The Bertz CT molecular complexity index is 375. The van der Waals surface area contributed by atoms with Gasteiger partial charge >= 0.3 is 0 Å². The van der Waals surface area contributed by atoms with Crippen LogP contribution >= 0.6 is 0 Å². The van der Waals surface area contributed by atoms with Crippen LogP contribution in [0.1, 0.15) is 25.5 Å². The second-order valence-corrected chi connectivity index (χ2v) is 4.26. The zero-order valence-electron chi connectivity index (χ0n) is 9.44. The van der Waals surface area contributed by atoms with Gasteiger partial charge in [-0.25, -0.2) is 0 Å². The van der Waals surface area contributed by atoms with Gasteiger partial charge in [-0.3, -0.25) is 14.8 Å². The summed E-state index contributed by atoms with van der Waals surface area (Å²) in [5.74, 6) is 0.789. The number of H-pyrrole nitrogens is 1. The molecule has 5 nitrogen and oxygen atoms in total. The van der Waals surface area contributed by atoms with Gasteiger partial charge in [-0.1, -0.05) is 13.3 Å². The molecule has 1 saturated heterocycles. The van der Waals surface area contributed by atoms with Crippen molar-refractivity contribution < 1.29 is 9.90 Å². The zero-order chi connectivity index (χ0) is 11.5. The first-order chi connectivity index (χ1) is 7.74. The Labute approximate surface area is 94.5 Å². The lowest BCUT2D eigenvalue weighted by Crippen LogP contribution is -2.25. The van der Waals surface area contributed by atoms with Crippen LogP contribution in [0.5, 0.6) is 0 Å². The van der Waals surface area contributed by atoms with Gasteiger partial charge in [0.05, 0.1) is 0 Å². The highest BCUT2D eigenvalue weighted by molar-refractivity contribution is 5.94. The van der Waals surface area contributed by atoms with Gasteiger partial charge in [0.2, 0.25) is 5.91 Å². The van der Waals surface area contributed by atoms with Crippen molar-refractivity contribution in [3.8, 4) is 0 Å². The fourth-order valence-electron chi connectivity index (χ4n) is 2.01. The average Bonchev–Trinajstić information content (AvgIpc) is 2.85. The summed E-state index contributed by atoms with van der Waals surface area (Å²) in [6, 6.07) is 1.92. The van der Waals surface area contributed by atoms with E-state index in [-0.39, 0.29) is 18.4 Å². The largest absolute Gasteiger partial charge is 0.396 e. The van der Waals surface area contributed by atoms with Crippen LogP contribution in [0.15, 0.2) is 6.07 Å². The Balaban J connectivity index is 2.09. The van der Waals surface area contributed by atoms with Crippen LogP contribution in [0.4, 0.5) is 5.82 Å². The highest BCUT2D eigenvalue weighted by Crippen LogP contribution is 2.23. The van der Waals surface area contributed by atoms with Crippen LogP contribution in [-0.2, 0) is 11.2 Å². The molecule has 1 amide bonds. The number of hydrogen-bond acceptors (Lipinski definition) is 3. The number of anilines is 1. The van der Waals surface area contributed by atoms with Crippen molar-refractivity contribution in [2.24, 2.45) is 5.92 Å². The van der Waals surface area contributed by atoms with Crippen molar-refractivity contribution in [1.29, 1.82) is 0 Å². The van der Waals surface area contributed by atoms with E-state index in [9.17, 15) is 4.79 Å². The van der Waals surface area contributed by atoms with Crippen LogP contribution in [0.25, 0.3) is 0 Å². The minimum atomic E-state index is 0.0496. The number of aromatic nitrogens is 2. The van der Waals surface area contributed by atoms with Crippen LogP contribution < -0.4 is 4.90 Å². The first-order valence-electron chi connectivity index (χ1n) is 5.70. The maximum absolute atomic E-state index is 11.7. The van der Waals surface area contributed by atoms with E-state index in [0.717, 1.165) is 18.5 Å². The summed E-state index contributed by atoms with van der Waals surface area (Å²) in [7, 11) is 0. The van der Waals surface area contributed by atoms with Crippen molar-refractivity contribution >= 4 is 11.7 Å². The number of hydrogen-bond donors (Lipinski definition) is 2. The maximum atomic E-state index is 11.7. The minimum absolute atomic E-state index is 0.0496. The topological polar surface area (TPSA) is 69.2 Å². The third-order valence-electron chi connectivity index (χ3n) is 2.88. The van der Waals surface area contributed by atoms with Crippen molar-refractivity contribution in [2.45, 2.75) is 26.2 Å². The number of carbonyl (C=O) groups excluding carboxylic acids is 1. The van der Waals surface area contributed by atoms with E-state index < -0.39 is 0 Å². The molecule has 1 unspecified atom stereocenters. The Morgan fingerprint density at radius 1 is 1.69 bits per heavy atom. The van der Waals surface area contributed by atoms with Crippen LogP contribution in [0.3, 0.4) is 0 Å². The summed E-state index contributed by atoms with van der Waals surface area (Å²) in [5.41, 5.74) is 1.05. The molecule has 1 aliphatic rings. The number of nitrogens with one attached hydrogen (secondary N) is 1. The molecule has 0 aromatic carbocycles. The van der Waals surface area contributed by atoms with Gasteiger partial charge in [-0.2, -0.15) is 5.10 Å². The molecule has 0 spiro atoms.